The summed E-state index contributed by atoms with van der Waals surface area (Å²) in [5.74, 6) is 6.05. The fourth-order valence-electron chi connectivity index (χ4n) is 9.88. The highest BCUT2D eigenvalue weighted by Crippen LogP contribution is 2.36. The molecule has 0 spiro atoms. The van der Waals surface area contributed by atoms with Gasteiger partial charge in [0.15, 0.2) is 11.3 Å². The molecule has 0 bridgehead atoms. The van der Waals surface area contributed by atoms with Crippen molar-refractivity contribution in [3.8, 4) is 11.8 Å². The lowest BCUT2D eigenvalue weighted by Gasteiger charge is -2.36. The number of likely N-dealkylation sites (tertiary alicyclic amines) is 1. The Bertz CT molecular complexity index is 2670. The molecule has 1 aliphatic carbocycles. The Balaban J connectivity index is 0.751. The van der Waals surface area contributed by atoms with Gasteiger partial charge in [0.25, 0.3) is 12.3 Å². The predicted octanol–water partition coefficient (Wildman–Crippen LogP) is 4.62. The summed E-state index contributed by atoms with van der Waals surface area (Å²) in [6.07, 6.45) is 7.58. The minimum absolute atomic E-state index is 0.0180. The highest BCUT2D eigenvalue weighted by atomic mass is 19.3. The van der Waals surface area contributed by atoms with Gasteiger partial charge in [-0.15, -0.1) is 0 Å². The predicted molar refractivity (Wildman–Crippen MR) is 232 cm³/mol. The molecule has 7 heterocycles. The first kappa shape index (κ1) is 43.3. The van der Waals surface area contributed by atoms with Crippen LogP contribution in [0.5, 0.6) is 0 Å². The Labute approximate surface area is 368 Å². The number of amides is 3. The third-order valence-corrected chi connectivity index (χ3v) is 13.0. The molecule has 4 aromatic heterocycles. The van der Waals surface area contributed by atoms with Crippen molar-refractivity contribution in [2.24, 2.45) is 13.0 Å². The number of halogens is 2. The summed E-state index contributed by atoms with van der Waals surface area (Å²) in [6.45, 7) is 8.31. The number of nitrogens with zero attached hydrogens (tertiary/aromatic N) is 9. The first-order valence-corrected chi connectivity index (χ1v) is 22.2. The molecule has 1 saturated carbocycles. The summed E-state index contributed by atoms with van der Waals surface area (Å²) in [5.41, 5.74) is 1.57. The number of carbonyl (C=O) groups is 3. The highest BCUT2D eigenvalue weighted by molar-refractivity contribution is 6.08. The number of aryl methyl sites for hydroxylation is 1. The molecule has 1 unspecified atom stereocenters. The van der Waals surface area contributed by atoms with E-state index in [9.17, 15) is 28.0 Å². The van der Waals surface area contributed by atoms with Gasteiger partial charge in [0.2, 0.25) is 11.8 Å². The number of ether oxygens (including phenoxy) is 2. The summed E-state index contributed by atoms with van der Waals surface area (Å²) in [5, 5.41) is 13.6. The van der Waals surface area contributed by atoms with E-state index < -0.39 is 30.0 Å². The lowest BCUT2D eigenvalue weighted by Crippen LogP contribution is -2.45. The zero-order valence-electron chi connectivity index (χ0n) is 36.2. The van der Waals surface area contributed by atoms with E-state index in [-0.39, 0.29) is 66.7 Å². The number of hydrogen-bond acceptors (Lipinski definition) is 11. The van der Waals surface area contributed by atoms with Gasteiger partial charge < -0.3 is 24.6 Å². The largest absolute Gasteiger partial charge is 0.372 e. The maximum atomic E-state index is 14.3. The number of imide groups is 1. The van der Waals surface area contributed by atoms with Crippen LogP contribution in [-0.2, 0) is 26.1 Å². The quantitative estimate of drug-likeness (QED) is 0.148. The average molecular weight is 882 g/mol. The summed E-state index contributed by atoms with van der Waals surface area (Å²) < 4.78 is 46.7. The SMILES string of the molecule is C[C@@H]1CN(c2ccn3ncc(C(=O)Nc4cn(C5CCC(CN6CCC(OCC#Cc7cccc8c7n(C)c(=O)n8C7CCC(=O)NC7=O)CC6)CC5)nc4C(F)F)c3n2)C[C@H](C)O1. The molecule has 3 aliphatic heterocycles. The Hall–Kier alpha value is -5.97. The summed E-state index contributed by atoms with van der Waals surface area (Å²) in [7, 11) is 1.66. The van der Waals surface area contributed by atoms with E-state index in [1.54, 1.807) is 24.0 Å². The third kappa shape index (κ3) is 8.91. The van der Waals surface area contributed by atoms with E-state index in [0.717, 1.165) is 58.2 Å². The molecule has 5 aromatic rings. The van der Waals surface area contributed by atoms with Crippen molar-refractivity contribution in [3.63, 3.8) is 0 Å². The molecule has 9 rings (SSSR count). The molecule has 17 nitrogen and oxygen atoms in total. The lowest BCUT2D eigenvalue weighted by atomic mass is 9.85. The number of imidazole rings is 1. The minimum Gasteiger partial charge on any atom is -0.372 e. The number of anilines is 2. The molecule has 338 valence electrons. The van der Waals surface area contributed by atoms with Gasteiger partial charge in [0.1, 0.15) is 24.0 Å². The monoisotopic (exact) mass is 881 g/mol. The van der Waals surface area contributed by atoms with Crippen molar-refractivity contribution in [3.05, 3.63) is 70.2 Å². The topological polar surface area (TPSA) is 175 Å². The number of hydrogen-bond donors (Lipinski definition) is 2. The number of aromatic nitrogens is 7. The fraction of sp³-hybridized carbons (Fsp3) is 0.533. The Morgan fingerprint density at radius 2 is 1.80 bits per heavy atom. The van der Waals surface area contributed by atoms with Crippen LogP contribution in [0.4, 0.5) is 20.3 Å². The van der Waals surface area contributed by atoms with Crippen LogP contribution in [0.2, 0.25) is 0 Å². The first-order valence-electron chi connectivity index (χ1n) is 22.2. The molecular formula is C45H53F2N11O6. The Morgan fingerprint density at radius 3 is 2.53 bits per heavy atom. The number of nitrogens with one attached hydrogen (secondary N) is 2. The maximum absolute atomic E-state index is 14.3. The molecule has 4 aliphatic rings. The minimum atomic E-state index is -2.87. The highest BCUT2D eigenvalue weighted by Gasteiger charge is 2.33. The van der Waals surface area contributed by atoms with Crippen LogP contribution in [0.15, 0.2) is 47.7 Å². The van der Waals surface area contributed by atoms with Gasteiger partial charge in [-0.25, -0.2) is 23.1 Å². The smallest absolute Gasteiger partial charge is 0.329 e. The first-order chi connectivity index (χ1) is 30.9. The molecule has 4 fully saturated rings. The molecule has 1 aromatic carbocycles. The van der Waals surface area contributed by atoms with Crippen molar-refractivity contribution in [1.82, 2.24) is 43.7 Å². The third-order valence-electron chi connectivity index (χ3n) is 13.0. The van der Waals surface area contributed by atoms with Crippen molar-refractivity contribution in [2.75, 3.05) is 49.5 Å². The molecule has 3 saturated heterocycles. The van der Waals surface area contributed by atoms with Gasteiger partial charge in [0, 0.05) is 58.6 Å². The standard InChI is InChI=1S/C45H53F2N11O6/c1-27-23-55(24-28(2)64-27)37-17-20-56-42(50-37)33(22-48-56)43(60)49-34-26-57(52-39(34)41(46)47)31-11-9-29(10-12-31)25-54-18-15-32(16-19-54)63-21-5-7-30-6-4-8-35-40(30)53(3)45(62)58(35)36-13-14-38(59)51-44(36)61/h4,6,8,17,20,22,26-29,31-32,36,41H,9-16,18-19,21,23-25H2,1-3H3,(H,49,60)(H,51,59,61)/t27-,28+,29?,31?,36?. The second-order valence-corrected chi connectivity index (χ2v) is 17.6. The molecule has 3 amide bonds. The number of alkyl halides is 2. The number of carbonyl (C=O) groups excluding carboxylic acids is 3. The zero-order chi connectivity index (χ0) is 44.6. The van der Waals surface area contributed by atoms with Crippen molar-refractivity contribution >= 4 is 45.9 Å². The zero-order valence-corrected chi connectivity index (χ0v) is 36.2. The van der Waals surface area contributed by atoms with Crippen LogP contribution in [0.25, 0.3) is 16.7 Å². The number of rotatable bonds is 10. The van der Waals surface area contributed by atoms with Crippen molar-refractivity contribution in [1.29, 1.82) is 0 Å². The molecule has 19 heteroatoms. The summed E-state index contributed by atoms with van der Waals surface area (Å²) >= 11 is 0. The maximum Gasteiger partial charge on any atom is 0.329 e. The van der Waals surface area contributed by atoms with E-state index in [1.165, 1.54) is 26.0 Å². The molecule has 3 atom stereocenters. The van der Waals surface area contributed by atoms with Gasteiger partial charge in [-0.05, 0) is 82.9 Å². The van der Waals surface area contributed by atoms with E-state index in [4.69, 9.17) is 14.5 Å². The van der Waals surface area contributed by atoms with Crippen molar-refractivity contribution in [2.45, 2.75) is 102 Å². The van der Waals surface area contributed by atoms with Gasteiger partial charge in [-0.1, -0.05) is 17.9 Å². The average Bonchev–Trinajstić information content (AvgIpc) is 3.97. The summed E-state index contributed by atoms with van der Waals surface area (Å²) in [6, 6.07) is 6.46. The number of benzene rings is 1. The van der Waals surface area contributed by atoms with Gasteiger partial charge in [-0.2, -0.15) is 10.2 Å². The van der Waals surface area contributed by atoms with E-state index >= 15 is 0 Å². The van der Waals surface area contributed by atoms with E-state index in [1.807, 2.05) is 32.0 Å². The second kappa shape index (κ2) is 18.3. The summed E-state index contributed by atoms with van der Waals surface area (Å²) in [4.78, 5) is 60.4. The van der Waals surface area contributed by atoms with Crippen LogP contribution in [0.3, 0.4) is 0 Å². The molecular weight excluding hydrogens is 829 g/mol. The Kier molecular flexibility index (Phi) is 12.3. The normalized spacial score (nSPS) is 23.7. The fourth-order valence-corrected chi connectivity index (χ4v) is 9.88. The molecule has 0 radical (unpaired) electrons. The number of piperidine rings is 2. The lowest BCUT2D eigenvalue weighted by molar-refractivity contribution is -0.135. The van der Waals surface area contributed by atoms with Crippen LogP contribution in [-0.4, -0.2) is 114 Å². The number of para-hydroxylation sites is 1. The number of fused-ring (bicyclic) bond motifs is 2. The van der Waals surface area contributed by atoms with Crippen LogP contribution >= 0.6 is 0 Å². The molecule has 64 heavy (non-hydrogen) atoms. The van der Waals surface area contributed by atoms with E-state index in [2.05, 4.69) is 42.5 Å². The van der Waals surface area contributed by atoms with Crippen molar-refractivity contribution < 1.29 is 32.6 Å². The van der Waals surface area contributed by atoms with Gasteiger partial charge >= 0.3 is 5.69 Å². The van der Waals surface area contributed by atoms with Gasteiger partial charge in [-0.3, -0.25) is 33.5 Å². The Morgan fingerprint density at radius 1 is 1.03 bits per heavy atom. The van der Waals surface area contributed by atoms with Gasteiger partial charge in [0.05, 0.1) is 52.8 Å². The number of morpholine rings is 1. The van der Waals surface area contributed by atoms with Crippen LogP contribution in [0, 0.1) is 17.8 Å². The van der Waals surface area contributed by atoms with E-state index in [0.29, 0.717) is 47.1 Å². The van der Waals surface area contributed by atoms with Crippen LogP contribution < -0.4 is 21.2 Å². The second-order valence-electron chi connectivity index (χ2n) is 17.6. The van der Waals surface area contributed by atoms with Crippen LogP contribution in [0.1, 0.15) is 105 Å². The molecule has 2 N–H and O–H groups in total.